The van der Waals surface area contributed by atoms with Crippen LogP contribution < -0.4 is 16.4 Å². The van der Waals surface area contributed by atoms with Crippen molar-refractivity contribution in [3.63, 3.8) is 0 Å². The molecule has 88 valence electrons. The molecule has 2 atom stereocenters. The number of hydrogen-bond donors (Lipinski definition) is 3. The van der Waals surface area contributed by atoms with Crippen LogP contribution in [0.2, 0.25) is 0 Å². The molecule has 15 heavy (non-hydrogen) atoms. The Kier molecular flexibility index (Phi) is 3.98. The van der Waals surface area contributed by atoms with Crippen LogP contribution >= 0.6 is 12.4 Å². The minimum absolute atomic E-state index is 0. The second kappa shape index (κ2) is 4.68. The highest BCUT2D eigenvalue weighted by molar-refractivity contribution is 5.85. The number of carbonyl (C=O) groups excluding carboxylic acids is 1. The summed E-state index contributed by atoms with van der Waals surface area (Å²) in [6.07, 6.45) is 3.53. The second-order valence-electron chi connectivity index (χ2n) is 4.67. The van der Waals surface area contributed by atoms with Crippen molar-refractivity contribution in [3.8, 4) is 0 Å². The van der Waals surface area contributed by atoms with Gasteiger partial charge >= 0.3 is 0 Å². The van der Waals surface area contributed by atoms with E-state index in [0.717, 1.165) is 19.5 Å². The average molecular weight is 234 g/mol. The summed E-state index contributed by atoms with van der Waals surface area (Å²) in [5, 5.41) is 6.36. The van der Waals surface area contributed by atoms with Crippen LogP contribution in [0, 0.1) is 5.41 Å². The quantitative estimate of drug-likeness (QED) is 0.630. The fourth-order valence-corrected chi connectivity index (χ4v) is 2.33. The van der Waals surface area contributed by atoms with Gasteiger partial charge in [-0.2, -0.15) is 0 Å². The zero-order valence-corrected chi connectivity index (χ0v) is 9.90. The molecule has 2 rings (SSSR count). The van der Waals surface area contributed by atoms with Crippen molar-refractivity contribution in [2.45, 2.75) is 38.3 Å². The SMILES string of the molecule is C[C@H](N)C(=O)NC1CC12CCNCC2.Cl. The minimum Gasteiger partial charge on any atom is -0.351 e. The second-order valence-corrected chi connectivity index (χ2v) is 4.67. The number of carbonyl (C=O) groups is 1. The zero-order valence-electron chi connectivity index (χ0n) is 9.08. The van der Waals surface area contributed by atoms with E-state index in [1.54, 1.807) is 6.92 Å². The molecule has 1 amide bonds. The Hall–Kier alpha value is -0.320. The maximum atomic E-state index is 11.4. The monoisotopic (exact) mass is 233 g/mol. The molecule has 1 aliphatic heterocycles. The van der Waals surface area contributed by atoms with Gasteiger partial charge < -0.3 is 16.4 Å². The van der Waals surface area contributed by atoms with Crippen LogP contribution in [0.3, 0.4) is 0 Å². The molecule has 1 unspecified atom stereocenters. The molecule has 4 N–H and O–H groups in total. The van der Waals surface area contributed by atoms with Crippen LogP contribution in [0.25, 0.3) is 0 Å². The first-order valence-electron chi connectivity index (χ1n) is 5.41. The van der Waals surface area contributed by atoms with Crippen molar-refractivity contribution in [1.82, 2.24) is 10.6 Å². The van der Waals surface area contributed by atoms with E-state index in [2.05, 4.69) is 10.6 Å². The van der Waals surface area contributed by atoms with Crippen LogP contribution in [0.15, 0.2) is 0 Å². The van der Waals surface area contributed by atoms with Crippen molar-refractivity contribution in [2.24, 2.45) is 11.1 Å². The lowest BCUT2D eigenvalue weighted by molar-refractivity contribution is -0.122. The van der Waals surface area contributed by atoms with Crippen LogP contribution in [-0.4, -0.2) is 31.1 Å². The fraction of sp³-hybridized carbons (Fsp3) is 0.900. The first-order valence-corrected chi connectivity index (χ1v) is 5.41. The molecule has 4 nitrogen and oxygen atoms in total. The molecule has 0 bridgehead atoms. The molecule has 1 spiro atoms. The summed E-state index contributed by atoms with van der Waals surface area (Å²) in [7, 11) is 0. The number of rotatable bonds is 2. The van der Waals surface area contributed by atoms with Gasteiger partial charge in [-0.05, 0) is 44.7 Å². The third kappa shape index (κ3) is 2.62. The van der Waals surface area contributed by atoms with Crippen molar-refractivity contribution in [1.29, 1.82) is 0 Å². The maximum Gasteiger partial charge on any atom is 0.236 e. The molecule has 1 heterocycles. The largest absolute Gasteiger partial charge is 0.351 e. The van der Waals surface area contributed by atoms with Gasteiger partial charge in [-0.1, -0.05) is 0 Å². The van der Waals surface area contributed by atoms with E-state index < -0.39 is 0 Å². The lowest BCUT2D eigenvalue weighted by Gasteiger charge is -2.23. The highest BCUT2D eigenvalue weighted by Gasteiger charge is 2.54. The lowest BCUT2D eigenvalue weighted by atomic mass is 9.94. The summed E-state index contributed by atoms with van der Waals surface area (Å²) < 4.78 is 0. The number of nitrogens with two attached hydrogens (primary N) is 1. The molecular formula is C10H20ClN3O. The van der Waals surface area contributed by atoms with Crippen molar-refractivity contribution in [3.05, 3.63) is 0 Å². The van der Waals surface area contributed by atoms with Crippen LogP contribution in [0.5, 0.6) is 0 Å². The van der Waals surface area contributed by atoms with E-state index in [0.29, 0.717) is 11.5 Å². The van der Waals surface area contributed by atoms with Gasteiger partial charge in [0, 0.05) is 6.04 Å². The predicted molar refractivity (Wildman–Crippen MR) is 62.0 cm³/mol. The van der Waals surface area contributed by atoms with Crippen molar-refractivity contribution < 1.29 is 4.79 Å². The summed E-state index contributed by atoms with van der Waals surface area (Å²) >= 11 is 0. The van der Waals surface area contributed by atoms with Crippen LogP contribution in [-0.2, 0) is 4.79 Å². The Morgan fingerprint density at radius 2 is 2.13 bits per heavy atom. The summed E-state index contributed by atoms with van der Waals surface area (Å²) in [6.45, 7) is 3.90. The Morgan fingerprint density at radius 1 is 1.53 bits per heavy atom. The minimum atomic E-state index is -0.380. The maximum absolute atomic E-state index is 11.4. The van der Waals surface area contributed by atoms with Gasteiger partial charge in [0.25, 0.3) is 0 Å². The number of piperidine rings is 1. The normalized spacial score (nSPS) is 29.1. The molecule has 2 aliphatic rings. The van der Waals surface area contributed by atoms with Crippen LogP contribution in [0.4, 0.5) is 0 Å². The van der Waals surface area contributed by atoms with Crippen LogP contribution in [0.1, 0.15) is 26.2 Å². The van der Waals surface area contributed by atoms with E-state index in [9.17, 15) is 4.79 Å². The van der Waals surface area contributed by atoms with Gasteiger partial charge in [-0.25, -0.2) is 0 Å². The third-order valence-corrected chi connectivity index (χ3v) is 3.52. The Labute approximate surface area is 96.8 Å². The van der Waals surface area contributed by atoms with E-state index >= 15 is 0 Å². The standard InChI is InChI=1S/C10H19N3O.ClH/c1-7(11)9(14)13-8-6-10(8)2-4-12-5-3-10;/h7-8,12H,2-6,11H2,1H3,(H,13,14);1H/t7-,8?;/m0./s1. The van der Waals surface area contributed by atoms with E-state index in [1.165, 1.54) is 12.8 Å². The molecule has 0 radical (unpaired) electrons. The smallest absolute Gasteiger partial charge is 0.236 e. The fourth-order valence-electron chi connectivity index (χ4n) is 2.33. The zero-order chi connectivity index (χ0) is 10.2. The number of halogens is 1. The Balaban J connectivity index is 0.00000112. The first-order chi connectivity index (χ1) is 6.64. The molecule has 1 aliphatic carbocycles. The third-order valence-electron chi connectivity index (χ3n) is 3.52. The highest BCUT2D eigenvalue weighted by Crippen LogP contribution is 2.52. The van der Waals surface area contributed by atoms with E-state index in [-0.39, 0.29) is 24.4 Å². The summed E-state index contributed by atoms with van der Waals surface area (Å²) in [6, 6.07) is 0.0115. The Bertz CT molecular complexity index is 239. The molecular weight excluding hydrogens is 214 g/mol. The number of hydrogen-bond acceptors (Lipinski definition) is 3. The highest BCUT2D eigenvalue weighted by atomic mass is 35.5. The topological polar surface area (TPSA) is 67.2 Å². The summed E-state index contributed by atoms with van der Waals surface area (Å²) in [5.41, 5.74) is 5.92. The lowest BCUT2D eigenvalue weighted by Crippen LogP contribution is -2.42. The van der Waals surface area contributed by atoms with Gasteiger partial charge in [0.15, 0.2) is 0 Å². The molecule has 0 aromatic heterocycles. The first kappa shape index (κ1) is 12.7. The van der Waals surface area contributed by atoms with Gasteiger partial charge in [0.1, 0.15) is 0 Å². The molecule has 0 aromatic carbocycles. The van der Waals surface area contributed by atoms with Gasteiger partial charge in [0.2, 0.25) is 5.91 Å². The van der Waals surface area contributed by atoms with Gasteiger partial charge in [0.05, 0.1) is 6.04 Å². The molecule has 1 saturated heterocycles. The number of nitrogens with one attached hydrogen (secondary N) is 2. The van der Waals surface area contributed by atoms with Gasteiger partial charge in [-0.3, -0.25) is 4.79 Å². The summed E-state index contributed by atoms with van der Waals surface area (Å²) in [5.74, 6) is -0.00888. The average Bonchev–Trinajstić information content (AvgIpc) is 2.79. The molecule has 1 saturated carbocycles. The number of amides is 1. The predicted octanol–water partition coefficient (Wildman–Crippen LogP) is 0.0137. The molecule has 2 fully saturated rings. The van der Waals surface area contributed by atoms with E-state index in [4.69, 9.17) is 5.73 Å². The Morgan fingerprint density at radius 3 is 2.67 bits per heavy atom. The summed E-state index contributed by atoms with van der Waals surface area (Å²) in [4.78, 5) is 11.4. The van der Waals surface area contributed by atoms with E-state index in [1.807, 2.05) is 0 Å². The molecule has 5 heteroatoms. The van der Waals surface area contributed by atoms with Crippen molar-refractivity contribution >= 4 is 18.3 Å². The molecule has 0 aromatic rings. The van der Waals surface area contributed by atoms with Gasteiger partial charge in [-0.15, -0.1) is 12.4 Å². The van der Waals surface area contributed by atoms with Crippen molar-refractivity contribution in [2.75, 3.05) is 13.1 Å².